The van der Waals surface area contributed by atoms with E-state index in [1.807, 2.05) is 12.3 Å². The lowest BCUT2D eigenvalue weighted by Gasteiger charge is -2.11. The van der Waals surface area contributed by atoms with Gasteiger partial charge in [-0.2, -0.15) is 5.10 Å². The molecule has 0 atom stereocenters. The van der Waals surface area contributed by atoms with Gasteiger partial charge in [0.05, 0.1) is 18.4 Å². The van der Waals surface area contributed by atoms with Crippen LogP contribution in [0.15, 0.2) is 30.6 Å². The molecule has 7 heteroatoms. The Morgan fingerprint density at radius 3 is 3.00 bits per heavy atom. The van der Waals surface area contributed by atoms with E-state index in [4.69, 9.17) is 5.73 Å². The maximum atomic E-state index is 13.8. The van der Waals surface area contributed by atoms with Crippen molar-refractivity contribution in [1.29, 1.82) is 0 Å². The molecule has 0 aliphatic heterocycles. The van der Waals surface area contributed by atoms with E-state index in [1.165, 1.54) is 13.2 Å². The van der Waals surface area contributed by atoms with Crippen LogP contribution in [0.1, 0.15) is 16.8 Å². The fraction of sp³-hybridized carbons (Fsp3) is 0.286. The third-order valence-corrected chi connectivity index (χ3v) is 2.98. The minimum Gasteiger partial charge on any atom is -0.465 e. The number of hydrogen-bond acceptors (Lipinski definition) is 5. The van der Waals surface area contributed by atoms with Crippen molar-refractivity contribution in [3.8, 4) is 0 Å². The Hall–Kier alpha value is -2.57. The number of nitrogen functional groups attached to an aromatic ring is 1. The van der Waals surface area contributed by atoms with Gasteiger partial charge in [0.1, 0.15) is 5.82 Å². The molecule has 0 radical (unpaired) electrons. The third-order valence-electron chi connectivity index (χ3n) is 2.98. The summed E-state index contributed by atoms with van der Waals surface area (Å²) in [6.07, 6.45) is 4.33. The number of esters is 1. The van der Waals surface area contributed by atoms with Gasteiger partial charge >= 0.3 is 5.97 Å². The number of rotatable bonds is 6. The number of methoxy groups -OCH3 is 1. The number of aryl methyl sites for hydroxylation is 1. The van der Waals surface area contributed by atoms with E-state index in [2.05, 4.69) is 15.2 Å². The summed E-state index contributed by atoms with van der Waals surface area (Å²) in [6, 6.07) is 4.32. The van der Waals surface area contributed by atoms with Gasteiger partial charge in [0.15, 0.2) is 0 Å². The van der Waals surface area contributed by atoms with Crippen molar-refractivity contribution >= 4 is 17.3 Å². The van der Waals surface area contributed by atoms with Crippen molar-refractivity contribution in [2.75, 3.05) is 24.7 Å². The van der Waals surface area contributed by atoms with E-state index in [-0.39, 0.29) is 16.9 Å². The number of nitrogens with zero attached hydrogens (tertiary/aromatic N) is 2. The summed E-state index contributed by atoms with van der Waals surface area (Å²) < 4.78 is 20.2. The number of nitrogens with one attached hydrogen (secondary N) is 1. The number of halogens is 1. The molecule has 1 heterocycles. The maximum Gasteiger partial charge on any atom is 0.340 e. The third kappa shape index (κ3) is 3.71. The van der Waals surface area contributed by atoms with E-state index in [0.717, 1.165) is 19.0 Å². The summed E-state index contributed by atoms with van der Waals surface area (Å²) in [7, 11) is 1.25. The van der Waals surface area contributed by atoms with Crippen molar-refractivity contribution in [2.24, 2.45) is 0 Å². The molecule has 112 valence electrons. The molecule has 0 spiro atoms. The second-order valence-electron chi connectivity index (χ2n) is 4.46. The quantitative estimate of drug-likeness (QED) is 0.483. The summed E-state index contributed by atoms with van der Waals surface area (Å²) in [5.74, 6) is -1.09. The fourth-order valence-electron chi connectivity index (χ4n) is 1.91. The van der Waals surface area contributed by atoms with Crippen molar-refractivity contribution < 1.29 is 13.9 Å². The predicted molar refractivity (Wildman–Crippen MR) is 77.5 cm³/mol. The lowest BCUT2D eigenvalue weighted by molar-refractivity contribution is 0.0602. The van der Waals surface area contributed by atoms with Crippen molar-refractivity contribution in [2.45, 2.75) is 13.0 Å². The Morgan fingerprint density at radius 1 is 1.52 bits per heavy atom. The lowest BCUT2D eigenvalue weighted by atomic mass is 10.1. The molecule has 2 rings (SSSR count). The van der Waals surface area contributed by atoms with Gasteiger partial charge in [-0.3, -0.25) is 4.68 Å². The van der Waals surface area contributed by atoms with Gasteiger partial charge < -0.3 is 15.8 Å². The summed E-state index contributed by atoms with van der Waals surface area (Å²) in [4.78, 5) is 11.5. The highest BCUT2D eigenvalue weighted by Gasteiger charge is 2.14. The van der Waals surface area contributed by atoms with Crippen LogP contribution in [0.2, 0.25) is 0 Å². The normalized spacial score (nSPS) is 10.4. The van der Waals surface area contributed by atoms with E-state index < -0.39 is 11.8 Å². The molecular formula is C14H17FN4O2. The number of aromatic nitrogens is 2. The molecule has 0 unspecified atom stereocenters. The average molecular weight is 292 g/mol. The van der Waals surface area contributed by atoms with Gasteiger partial charge in [0, 0.05) is 31.2 Å². The van der Waals surface area contributed by atoms with Crippen LogP contribution < -0.4 is 11.1 Å². The van der Waals surface area contributed by atoms with Crippen LogP contribution in [0.3, 0.4) is 0 Å². The largest absolute Gasteiger partial charge is 0.465 e. The topological polar surface area (TPSA) is 82.2 Å². The first-order valence-corrected chi connectivity index (χ1v) is 6.50. The summed E-state index contributed by atoms with van der Waals surface area (Å²) in [5.41, 5.74) is 6.04. The maximum absolute atomic E-state index is 13.8. The smallest absolute Gasteiger partial charge is 0.340 e. The Morgan fingerprint density at radius 2 is 2.33 bits per heavy atom. The molecule has 0 fully saturated rings. The van der Waals surface area contributed by atoms with Crippen LogP contribution in [-0.2, 0) is 11.3 Å². The number of nitrogens with two attached hydrogens (primary N) is 1. The molecule has 0 amide bonds. The highest BCUT2D eigenvalue weighted by molar-refractivity contribution is 5.96. The van der Waals surface area contributed by atoms with E-state index >= 15 is 0 Å². The second kappa shape index (κ2) is 6.74. The summed E-state index contributed by atoms with van der Waals surface area (Å²) >= 11 is 0. The molecule has 0 saturated carbocycles. The predicted octanol–water partition coefficient (Wildman–Crippen LogP) is 1.89. The van der Waals surface area contributed by atoms with Crippen LogP contribution in [0.4, 0.5) is 15.8 Å². The molecule has 6 nitrogen and oxygen atoms in total. The number of carbonyl (C=O) groups excluding carboxylic acids is 1. The molecule has 0 bridgehead atoms. The standard InChI is InChI=1S/C14H17FN4O2/c1-21-14(20)10-8-13(11(15)9-12(10)16)17-4-2-6-19-7-3-5-18-19/h3,5,7-9,17H,2,4,6,16H2,1H3. The molecule has 0 aliphatic carbocycles. The van der Waals surface area contributed by atoms with Gasteiger partial charge in [0.25, 0.3) is 0 Å². The number of ether oxygens (including phenoxy) is 1. The van der Waals surface area contributed by atoms with Crippen LogP contribution in [-0.4, -0.2) is 29.4 Å². The second-order valence-corrected chi connectivity index (χ2v) is 4.46. The Kier molecular flexibility index (Phi) is 4.76. The van der Waals surface area contributed by atoms with Crippen LogP contribution in [0.5, 0.6) is 0 Å². The number of hydrogen-bond donors (Lipinski definition) is 2. The molecule has 0 saturated heterocycles. The van der Waals surface area contributed by atoms with Gasteiger partial charge in [-0.1, -0.05) is 0 Å². The van der Waals surface area contributed by atoms with Crippen molar-refractivity contribution in [3.63, 3.8) is 0 Å². The SMILES string of the molecule is COC(=O)c1cc(NCCCn2cccn2)c(F)cc1N. The van der Waals surface area contributed by atoms with E-state index in [1.54, 1.807) is 10.9 Å². The van der Waals surface area contributed by atoms with E-state index in [9.17, 15) is 9.18 Å². The molecule has 1 aromatic carbocycles. The number of benzene rings is 1. The van der Waals surface area contributed by atoms with Gasteiger partial charge in [-0.05, 0) is 24.6 Å². The zero-order chi connectivity index (χ0) is 15.2. The molecule has 1 aromatic heterocycles. The summed E-state index contributed by atoms with van der Waals surface area (Å²) in [5, 5.41) is 7.02. The molecule has 3 N–H and O–H groups in total. The molecular weight excluding hydrogens is 275 g/mol. The zero-order valence-electron chi connectivity index (χ0n) is 11.7. The Labute approximate surface area is 121 Å². The van der Waals surface area contributed by atoms with Crippen LogP contribution >= 0.6 is 0 Å². The molecule has 21 heavy (non-hydrogen) atoms. The van der Waals surface area contributed by atoms with Gasteiger partial charge in [0.2, 0.25) is 0 Å². The fourth-order valence-corrected chi connectivity index (χ4v) is 1.91. The lowest BCUT2D eigenvalue weighted by Crippen LogP contribution is -2.11. The van der Waals surface area contributed by atoms with Crippen LogP contribution in [0.25, 0.3) is 0 Å². The Balaban J connectivity index is 1.97. The summed E-state index contributed by atoms with van der Waals surface area (Å²) in [6.45, 7) is 1.27. The average Bonchev–Trinajstić information content (AvgIpc) is 2.98. The van der Waals surface area contributed by atoms with Gasteiger partial charge in [-0.25, -0.2) is 9.18 Å². The number of anilines is 2. The van der Waals surface area contributed by atoms with Gasteiger partial charge in [-0.15, -0.1) is 0 Å². The zero-order valence-corrected chi connectivity index (χ0v) is 11.7. The van der Waals surface area contributed by atoms with Crippen molar-refractivity contribution in [1.82, 2.24) is 9.78 Å². The first-order valence-electron chi connectivity index (χ1n) is 6.50. The first-order chi connectivity index (χ1) is 10.1. The first kappa shape index (κ1) is 14.8. The minimum absolute atomic E-state index is 0.0569. The number of carbonyl (C=O) groups is 1. The van der Waals surface area contributed by atoms with E-state index in [0.29, 0.717) is 6.54 Å². The van der Waals surface area contributed by atoms with Crippen molar-refractivity contribution in [3.05, 3.63) is 42.0 Å². The monoisotopic (exact) mass is 292 g/mol. The molecule has 2 aromatic rings. The van der Waals surface area contributed by atoms with Crippen LogP contribution in [0, 0.1) is 5.82 Å². The highest BCUT2D eigenvalue weighted by Crippen LogP contribution is 2.22. The minimum atomic E-state index is -0.591. The Bertz CT molecular complexity index is 614. The highest BCUT2D eigenvalue weighted by atomic mass is 19.1. The molecule has 0 aliphatic rings.